The number of aromatic nitrogens is 2. The van der Waals surface area contributed by atoms with Gasteiger partial charge in [-0.2, -0.15) is 5.10 Å². The number of hydrogen-bond acceptors (Lipinski definition) is 4. The molecule has 0 saturated heterocycles. The maximum atomic E-state index is 11.6. The van der Waals surface area contributed by atoms with Gasteiger partial charge in [0.05, 0.1) is 17.2 Å². The summed E-state index contributed by atoms with van der Waals surface area (Å²) in [6.45, 7) is -0.140. The Kier molecular flexibility index (Phi) is 4.54. The molecule has 0 spiro atoms. The highest BCUT2D eigenvalue weighted by Crippen LogP contribution is 2.15. The molecule has 2 N–H and O–H groups in total. The maximum absolute atomic E-state index is 11.6. The predicted octanol–water partition coefficient (Wildman–Crippen LogP) is 2.75. The van der Waals surface area contributed by atoms with E-state index in [2.05, 4.69) is 20.5 Å². The van der Waals surface area contributed by atoms with Crippen LogP contribution in [0.15, 0.2) is 53.6 Å². The Hall–Kier alpha value is -2.86. The number of H-pyrrole nitrogens is 1. The largest absolute Gasteiger partial charge is 0.484 e. The van der Waals surface area contributed by atoms with E-state index in [-0.39, 0.29) is 12.5 Å². The van der Waals surface area contributed by atoms with Crippen LogP contribution in [-0.4, -0.2) is 28.7 Å². The van der Waals surface area contributed by atoms with Crippen molar-refractivity contribution in [3.05, 3.63) is 59.4 Å². The summed E-state index contributed by atoms with van der Waals surface area (Å²) in [6.07, 6.45) is 1.44. The molecule has 3 aromatic rings. The molecule has 1 heterocycles. The molecule has 0 aliphatic heterocycles. The van der Waals surface area contributed by atoms with Gasteiger partial charge < -0.3 is 9.72 Å². The first-order valence-electron chi connectivity index (χ1n) is 6.86. The number of fused-ring (bicyclic) bond motifs is 1. The van der Waals surface area contributed by atoms with Crippen LogP contribution < -0.4 is 10.2 Å². The van der Waals surface area contributed by atoms with Crippen LogP contribution in [0, 0.1) is 0 Å². The highest BCUT2D eigenvalue weighted by molar-refractivity contribution is 6.30. The van der Waals surface area contributed by atoms with Gasteiger partial charge in [0, 0.05) is 5.02 Å². The molecular weight excluding hydrogens is 316 g/mol. The molecule has 7 heteroatoms. The number of carbonyl (C=O) groups excluding carboxylic acids is 1. The fraction of sp³-hybridized carbons (Fsp3) is 0.0625. The van der Waals surface area contributed by atoms with Gasteiger partial charge in [-0.3, -0.25) is 4.79 Å². The number of benzene rings is 2. The van der Waals surface area contributed by atoms with E-state index in [0.717, 1.165) is 11.0 Å². The van der Waals surface area contributed by atoms with Gasteiger partial charge in [0.2, 0.25) is 0 Å². The second-order valence-corrected chi connectivity index (χ2v) is 5.11. The average molecular weight is 329 g/mol. The van der Waals surface area contributed by atoms with Crippen LogP contribution in [-0.2, 0) is 4.79 Å². The number of hydrazone groups is 1. The zero-order chi connectivity index (χ0) is 16.1. The number of carbonyl (C=O) groups is 1. The highest BCUT2D eigenvalue weighted by atomic mass is 35.5. The van der Waals surface area contributed by atoms with Crippen molar-refractivity contribution < 1.29 is 9.53 Å². The number of imidazole rings is 1. The van der Waals surface area contributed by atoms with Crippen molar-refractivity contribution in [3.63, 3.8) is 0 Å². The van der Waals surface area contributed by atoms with E-state index < -0.39 is 0 Å². The van der Waals surface area contributed by atoms with Gasteiger partial charge in [0.25, 0.3) is 5.91 Å². The number of ether oxygens (including phenoxy) is 1. The molecule has 0 atom stereocenters. The number of nitrogens with zero attached hydrogens (tertiary/aromatic N) is 2. The summed E-state index contributed by atoms with van der Waals surface area (Å²) >= 11 is 5.77. The fourth-order valence-electron chi connectivity index (χ4n) is 1.91. The normalized spacial score (nSPS) is 11.0. The Morgan fingerprint density at radius 3 is 2.83 bits per heavy atom. The molecule has 0 saturated carbocycles. The molecule has 23 heavy (non-hydrogen) atoms. The third-order valence-corrected chi connectivity index (χ3v) is 3.22. The quantitative estimate of drug-likeness (QED) is 0.558. The van der Waals surface area contributed by atoms with Crippen LogP contribution in [0.3, 0.4) is 0 Å². The third-order valence-electron chi connectivity index (χ3n) is 2.97. The molecule has 0 radical (unpaired) electrons. The number of nitrogens with one attached hydrogen (secondary N) is 2. The lowest BCUT2D eigenvalue weighted by Gasteiger charge is -2.04. The standard InChI is InChI=1S/C16H13ClN4O2/c17-11-5-7-12(8-6-11)23-10-16(22)21-18-9-15-19-13-3-1-2-4-14(13)20-15/h1-9H,10H2,(H,19,20)(H,21,22)/b18-9-. The topological polar surface area (TPSA) is 79.4 Å². The molecule has 0 fully saturated rings. The van der Waals surface area contributed by atoms with Crippen LogP contribution in [0.4, 0.5) is 0 Å². The van der Waals surface area contributed by atoms with Crippen LogP contribution in [0.5, 0.6) is 5.75 Å². The van der Waals surface area contributed by atoms with Crippen LogP contribution in [0.2, 0.25) is 5.02 Å². The monoisotopic (exact) mass is 328 g/mol. The van der Waals surface area contributed by atoms with Gasteiger partial charge in [-0.1, -0.05) is 23.7 Å². The molecule has 6 nitrogen and oxygen atoms in total. The summed E-state index contributed by atoms with van der Waals surface area (Å²) in [5.41, 5.74) is 4.12. The van der Waals surface area contributed by atoms with Gasteiger partial charge in [-0.25, -0.2) is 10.4 Å². The predicted molar refractivity (Wildman–Crippen MR) is 88.8 cm³/mol. The van der Waals surface area contributed by atoms with E-state index in [4.69, 9.17) is 16.3 Å². The fourth-order valence-corrected chi connectivity index (χ4v) is 2.04. The number of hydrogen-bond donors (Lipinski definition) is 2. The lowest BCUT2D eigenvalue weighted by atomic mass is 10.3. The van der Waals surface area contributed by atoms with Crippen molar-refractivity contribution in [2.75, 3.05) is 6.61 Å². The van der Waals surface area contributed by atoms with Gasteiger partial charge in [-0.05, 0) is 36.4 Å². The Labute approximate surface area is 137 Å². The number of amides is 1. The molecular formula is C16H13ClN4O2. The minimum absolute atomic E-state index is 0.140. The van der Waals surface area contributed by atoms with Gasteiger partial charge in [0.1, 0.15) is 5.75 Å². The van der Waals surface area contributed by atoms with Crippen LogP contribution >= 0.6 is 11.6 Å². The van der Waals surface area contributed by atoms with Crippen LogP contribution in [0.1, 0.15) is 5.82 Å². The molecule has 0 aliphatic rings. The second kappa shape index (κ2) is 6.93. The molecule has 1 aromatic heterocycles. The van der Waals surface area contributed by atoms with E-state index in [1.165, 1.54) is 6.21 Å². The first kappa shape index (κ1) is 15.1. The lowest BCUT2D eigenvalue weighted by Crippen LogP contribution is -2.24. The zero-order valence-electron chi connectivity index (χ0n) is 12.0. The second-order valence-electron chi connectivity index (χ2n) is 4.67. The van der Waals surface area contributed by atoms with Crippen LogP contribution in [0.25, 0.3) is 11.0 Å². The van der Waals surface area contributed by atoms with Crippen molar-refractivity contribution in [1.82, 2.24) is 15.4 Å². The van der Waals surface area contributed by atoms with Gasteiger partial charge >= 0.3 is 0 Å². The molecule has 116 valence electrons. The average Bonchev–Trinajstić information content (AvgIpc) is 2.97. The van der Waals surface area contributed by atoms with Crippen molar-refractivity contribution in [2.45, 2.75) is 0 Å². The summed E-state index contributed by atoms with van der Waals surface area (Å²) in [6, 6.07) is 14.4. The Morgan fingerprint density at radius 1 is 1.26 bits per heavy atom. The third kappa shape index (κ3) is 4.08. The summed E-state index contributed by atoms with van der Waals surface area (Å²) in [5.74, 6) is 0.753. The number of para-hydroxylation sites is 2. The van der Waals surface area contributed by atoms with E-state index >= 15 is 0 Å². The summed E-state index contributed by atoms with van der Waals surface area (Å²) in [5, 5.41) is 4.45. The highest BCUT2D eigenvalue weighted by Gasteiger charge is 2.02. The summed E-state index contributed by atoms with van der Waals surface area (Å²) in [7, 11) is 0. The smallest absolute Gasteiger partial charge is 0.277 e. The van der Waals surface area contributed by atoms with Gasteiger partial charge in [0.15, 0.2) is 12.4 Å². The Balaban J connectivity index is 1.51. The van der Waals surface area contributed by atoms with Crippen molar-refractivity contribution in [1.29, 1.82) is 0 Å². The zero-order valence-corrected chi connectivity index (χ0v) is 12.7. The minimum Gasteiger partial charge on any atom is -0.484 e. The molecule has 3 rings (SSSR count). The van der Waals surface area contributed by atoms with Crippen molar-refractivity contribution >= 4 is 34.8 Å². The first-order chi connectivity index (χ1) is 11.2. The molecule has 0 aliphatic carbocycles. The maximum Gasteiger partial charge on any atom is 0.277 e. The Morgan fingerprint density at radius 2 is 2.04 bits per heavy atom. The van der Waals surface area contributed by atoms with Crippen molar-refractivity contribution in [3.8, 4) is 5.75 Å². The van der Waals surface area contributed by atoms with E-state index in [0.29, 0.717) is 16.6 Å². The first-order valence-corrected chi connectivity index (χ1v) is 7.23. The number of halogens is 1. The minimum atomic E-state index is -0.368. The SMILES string of the molecule is O=C(COc1ccc(Cl)cc1)N/N=C\c1nc2ccccc2[nH]1. The molecule has 0 bridgehead atoms. The molecule has 1 amide bonds. The summed E-state index contributed by atoms with van der Waals surface area (Å²) in [4.78, 5) is 19.0. The van der Waals surface area contributed by atoms with E-state index in [1.54, 1.807) is 24.3 Å². The summed E-state index contributed by atoms with van der Waals surface area (Å²) < 4.78 is 5.31. The van der Waals surface area contributed by atoms with Gasteiger partial charge in [-0.15, -0.1) is 0 Å². The number of rotatable bonds is 5. The Bertz CT molecular complexity index is 810. The lowest BCUT2D eigenvalue weighted by molar-refractivity contribution is -0.123. The molecule has 2 aromatic carbocycles. The van der Waals surface area contributed by atoms with Crippen molar-refractivity contribution in [2.24, 2.45) is 5.10 Å². The number of aromatic amines is 1. The molecule has 0 unspecified atom stereocenters. The van der Waals surface area contributed by atoms with E-state index in [1.807, 2.05) is 24.3 Å². The van der Waals surface area contributed by atoms with E-state index in [9.17, 15) is 4.79 Å².